The van der Waals surface area contributed by atoms with Crippen LogP contribution >= 0.6 is 11.3 Å². The van der Waals surface area contributed by atoms with E-state index in [-0.39, 0.29) is 0 Å². The van der Waals surface area contributed by atoms with Gasteiger partial charge >= 0.3 is 0 Å². The zero-order chi connectivity index (χ0) is 27.8. The molecule has 7 aromatic rings. The third-order valence-electron chi connectivity index (χ3n) is 7.97. The fraction of sp³-hybridized carbons (Fsp3) is 0.0769. The van der Waals surface area contributed by atoms with Gasteiger partial charge < -0.3 is 4.57 Å². The van der Waals surface area contributed by atoms with E-state index in [1.807, 2.05) is 11.3 Å². The lowest BCUT2D eigenvalue weighted by Gasteiger charge is -2.18. The van der Waals surface area contributed by atoms with E-state index < -0.39 is 0 Å². The van der Waals surface area contributed by atoms with E-state index in [1.54, 1.807) is 0 Å². The molecule has 1 nitrogen and oxygen atoms in total. The number of nitrogens with zero attached hydrogens (tertiary/aromatic N) is 1. The first-order valence-corrected chi connectivity index (χ1v) is 15.1. The number of fused-ring (bicyclic) bond motifs is 6. The van der Waals surface area contributed by atoms with Crippen molar-refractivity contribution in [2.75, 3.05) is 0 Å². The predicted molar refractivity (Wildman–Crippen MR) is 181 cm³/mol. The van der Waals surface area contributed by atoms with Crippen LogP contribution in [0.5, 0.6) is 0 Å². The van der Waals surface area contributed by atoms with Crippen LogP contribution in [-0.4, -0.2) is 4.57 Å². The standard InChI is InChI=1S/C39H31NS/c1-3-5-15-27(4-2)34(26-28-16-14-21-33-32-20-9-13-25-38(32)41-39(28)33)31-19-8-12-24-37(31)40-35-22-10-6-17-29(35)30-18-7-11-23-36(30)40/h3,5-26H,4H2,1-2H3/b5-3-,27-15-,34-26?. The van der Waals surface area contributed by atoms with E-state index in [0.29, 0.717) is 0 Å². The molecule has 0 aliphatic rings. The quantitative estimate of drug-likeness (QED) is 0.145. The van der Waals surface area contributed by atoms with Gasteiger partial charge in [-0.05, 0) is 60.4 Å². The minimum absolute atomic E-state index is 0.931. The Hall–Kier alpha value is -4.66. The second kappa shape index (κ2) is 10.7. The molecule has 0 fully saturated rings. The molecule has 0 spiro atoms. The molecular weight excluding hydrogens is 515 g/mol. The van der Waals surface area contributed by atoms with Crippen molar-refractivity contribution in [1.82, 2.24) is 4.57 Å². The smallest absolute Gasteiger partial charge is 0.0541 e. The Bertz CT molecular complexity index is 2090. The Morgan fingerprint density at radius 2 is 1.32 bits per heavy atom. The zero-order valence-corrected chi connectivity index (χ0v) is 24.2. The molecule has 41 heavy (non-hydrogen) atoms. The Labute approximate surface area is 245 Å². The van der Waals surface area contributed by atoms with Gasteiger partial charge in [0, 0.05) is 36.5 Å². The van der Waals surface area contributed by atoms with Gasteiger partial charge in [-0.1, -0.05) is 116 Å². The third-order valence-corrected chi connectivity index (χ3v) is 9.20. The molecule has 0 amide bonds. The van der Waals surface area contributed by atoms with Crippen molar-refractivity contribution in [2.45, 2.75) is 20.3 Å². The lowest BCUT2D eigenvalue weighted by molar-refractivity contribution is 1.14. The third kappa shape index (κ3) is 4.32. The minimum atomic E-state index is 0.931. The highest BCUT2D eigenvalue weighted by atomic mass is 32.1. The summed E-state index contributed by atoms with van der Waals surface area (Å²) in [5.74, 6) is 0. The van der Waals surface area contributed by atoms with Crippen LogP contribution in [0.1, 0.15) is 31.4 Å². The monoisotopic (exact) mass is 545 g/mol. The number of para-hydroxylation sites is 3. The Balaban J connectivity index is 1.54. The highest BCUT2D eigenvalue weighted by Gasteiger charge is 2.18. The van der Waals surface area contributed by atoms with Crippen molar-refractivity contribution in [1.29, 1.82) is 0 Å². The van der Waals surface area contributed by atoms with Crippen LogP contribution in [0.3, 0.4) is 0 Å². The molecule has 0 N–H and O–H groups in total. The summed E-state index contributed by atoms with van der Waals surface area (Å²) in [4.78, 5) is 0. The molecule has 0 aliphatic heterocycles. The average molecular weight is 546 g/mol. The summed E-state index contributed by atoms with van der Waals surface area (Å²) in [6, 6.07) is 41.9. The molecule has 2 heterocycles. The van der Waals surface area contributed by atoms with Crippen LogP contribution in [0.15, 0.2) is 139 Å². The topological polar surface area (TPSA) is 4.93 Å². The molecule has 0 bridgehead atoms. The number of allylic oxidation sites excluding steroid dienone is 5. The lowest BCUT2D eigenvalue weighted by atomic mass is 9.91. The molecule has 0 saturated heterocycles. The summed E-state index contributed by atoms with van der Waals surface area (Å²) in [7, 11) is 0. The van der Waals surface area contributed by atoms with Crippen LogP contribution in [0.2, 0.25) is 0 Å². The van der Waals surface area contributed by atoms with Gasteiger partial charge in [0.15, 0.2) is 0 Å². The molecule has 0 aliphatic carbocycles. The second-order valence-electron chi connectivity index (χ2n) is 10.3. The highest BCUT2D eigenvalue weighted by molar-refractivity contribution is 7.26. The van der Waals surface area contributed by atoms with Gasteiger partial charge in [-0.2, -0.15) is 0 Å². The summed E-state index contributed by atoms with van der Waals surface area (Å²) >= 11 is 1.89. The summed E-state index contributed by atoms with van der Waals surface area (Å²) in [5.41, 5.74) is 8.71. The van der Waals surface area contributed by atoms with Gasteiger partial charge in [-0.15, -0.1) is 11.3 Å². The largest absolute Gasteiger partial charge is 0.309 e. The van der Waals surface area contributed by atoms with Gasteiger partial charge in [-0.25, -0.2) is 0 Å². The van der Waals surface area contributed by atoms with Crippen molar-refractivity contribution in [3.63, 3.8) is 0 Å². The molecule has 2 heteroatoms. The maximum atomic E-state index is 2.44. The summed E-state index contributed by atoms with van der Waals surface area (Å²) in [6.45, 7) is 4.34. The number of rotatable bonds is 6. The molecule has 0 saturated carbocycles. The fourth-order valence-electron chi connectivity index (χ4n) is 6.07. The zero-order valence-electron chi connectivity index (χ0n) is 23.3. The van der Waals surface area contributed by atoms with Gasteiger partial charge in [0.05, 0.1) is 16.7 Å². The van der Waals surface area contributed by atoms with E-state index in [2.05, 4.69) is 158 Å². The van der Waals surface area contributed by atoms with Crippen LogP contribution in [0.4, 0.5) is 0 Å². The molecule has 5 aromatic carbocycles. The summed E-state index contributed by atoms with van der Waals surface area (Å²) in [5, 5.41) is 5.21. The van der Waals surface area contributed by atoms with Crippen LogP contribution in [0.25, 0.3) is 59.3 Å². The second-order valence-corrected chi connectivity index (χ2v) is 11.4. The molecule has 198 valence electrons. The molecule has 0 unspecified atom stereocenters. The Morgan fingerprint density at radius 1 is 0.683 bits per heavy atom. The number of thiophene rings is 1. The predicted octanol–water partition coefficient (Wildman–Crippen LogP) is 11.6. The van der Waals surface area contributed by atoms with Crippen molar-refractivity contribution in [2.24, 2.45) is 0 Å². The molecule has 0 atom stereocenters. The SMILES string of the molecule is C/C=C\C=C(\CC)C(=Cc1cccc2c1sc1ccccc12)c1ccccc1-n1c2ccccc2c2ccccc21. The normalized spacial score (nSPS) is 12.9. The van der Waals surface area contributed by atoms with E-state index in [1.165, 1.54) is 69.9 Å². The van der Waals surface area contributed by atoms with Crippen LogP contribution < -0.4 is 0 Å². The van der Waals surface area contributed by atoms with Crippen molar-refractivity contribution >= 4 is 65.0 Å². The Morgan fingerprint density at radius 3 is 2.05 bits per heavy atom. The van der Waals surface area contributed by atoms with E-state index in [0.717, 1.165) is 6.42 Å². The van der Waals surface area contributed by atoms with Crippen LogP contribution in [-0.2, 0) is 0 Å². The summed E-state index contributed by atoms with van der Waals surface area (Å²) < 4.78 is 5.11. The maximum absolute atomic E-state index is 2.44. The number of hydrogen-bond donors (Lipinski definition) is 0. The van der Waals surface area contributed by atoms with Gasteiger partial charge in [0.2, 0.25) is 0 Å². The number of hydrogen-bond acceptors (Lipinski definition) is 1. The van der Waals surface area contributed by atoms with Gasteiger partial charge in [0.25, 0.3) is 0 Å². The first kappa shape index (κ1) is 25.3. The first-order valence-electron chi connectivity index (χ1n) is 14.3. The minimum Gasteiger partial charge on any atom is -0.309 e. The maximum Gasteiger partial charge on any atom is 0.0541 e. The average Bonchev–Trinajstić information content (AvgIpc) is 3.57. The van der Waals surface area contributed by atoms with E-state index in [4.69, 9.17) is 0 Å². The number of benzene rings is 5. The molecule has 0 radical (unpaired) electrons. The highest BCUT2D eigenvalue weighted by Crippen LogP contribution is 2.40. The van der Waals surface area contributed by atoms with Crippen molar-refractivity contribution < 1.29 is 0 Å². The van der Waals surface area contributed by atoms with Crippen LogP contribution in [0, 0.1) is 0 Å². The lowest BCUT2D eigenvalue weighted by Crippen LogP contribution is -2.01. The molecule has 2 aromatic heterocycles. The Kier molecular flexibility index (Phi) is 6.62. The van der Waals surface area contributed by atoms with Gasteiger partial charge in [0.1, 0.15) is 0 Å². The van der Waals surface area contributed by atoms with Crippen molar-refractivity contribution in [3.8, 4) is 5.69 Å². The summed E-state index contributed by atoms with van der Waals surface area (Å²) in [6.07, 6.45) is 9.90. The van der Waals surface area contributed by atoms with E-state index in [9.17, 15) is 0 Å². The fourth-order valence-corrected chi connectivity index (χ4v) is 7.26. The van der Waals surface area contributed by atoms with E-state index >= 15 is 0 Å². The van der Waals surface area contributed by atoms with Crippen molar-refractivity contribution in [3.05, 3.63) is 150 Å². The van der Waals surface area contributed by atoms with Gasteiger partial charge in [-0.3, -0.25) is 0 Å². The number of aromatic nitrogens is 1. The first-order chi connectivity index (χ1) is 20.3. The molecular formula is C39H31NS. The molecule has 7 rings (SSSR count).